The van der Waals surface area contributed by atoms with E-state index in [1.807, 2.05) is 6.20 Å². The van der Waals surface area contributed by atoms with Crippen molar-refractivity contribution >= 4 is 5.69 Å². The zero-order valence-electron chi connectivity index (χ0n) is 11.8. The van der Waals surface area contributed by atoms with Gasteiger partial charge in [0.1, 0.15) is 0 Å². The van der Waals surface area contributed by atoms with Crippen molar-refractivity contribution in [3.63, 3.8) is 0 Å². The van der Waals surface area contributed by atoms with Crippen LogP contribution in [0, 0.1) is 0 Å². The average molecular weight is 247 g/mol. The highest BCUT2D eigenvalue weighted by atomic mass is 15.2. The first-order chi connectivity index (χ1) is 8.80. The fraction of sp³-hybridized carbons (Fsp3) is 0.667. The lowest BCUT2D eigenvalue weighted by Gasteiger charge is -2.23. The van der Waals surface area contributed by atoms with Crippen LogP contribution in [0.2, 0.25) is 0 Å². The minimum absolute atomic E-state index is 0.389. The van der Waals surface area contributed by atoms with Crippen LogP contribution in [0.25, 0.3) is 0 Å². The summed E-state index contributed by atoms with van der Waals surface area (Å²) in [5, 5.41) is 3.47. The van der Waals surface area contributed by atoms with Crippen LogP contribution in [-0.4, -0.2) is 24.1 Å². The first-order valence-electron chi connectivity index (χ1n) is 7.26. The van der Waals surface area contributed by atoms with Crippen LogP contribution in [0.4, 0.5) is 5.69 Å². The van der Waals surface area contributed by atoms with Crippen LogP contribution < -0.4 is 10.2 Å². The number of aromatic nitrogens is 1. The lowest BCUT2D eigenvalue weighted by atomic mass is 10.1. The highest BCUT2D eigenvalue weighted by molar-refractivity contribution is 5.47. The lowest BCUT2D eigenvalue weighted by molar-refractivity contribution is 0.524. The minimum atomic E-state index is 0.389. The molecule has 2 rings (SSSR count). The van der Waals surface area contributed by atoms with Gasteiger partial charge >= 0.3 is 0 Å². The van der Waals surface area contributed by atoms with E-state index in [0.29, 0.717) is 6.04 Å². The molecule has 1 N–H and O–H groups in total. The number of nitrogens with zero attached hydrogens (tertiary/aromatic N) is 2. The molecule has 3 heteroatoms. The number of hydrogen-bond donors (Lipinski definition) is 1. The normalized spacial score (nSPS) is 16.6. The molecule has 1 heterocycles. The van der Waals surface area contributed by atoms with E-state index in [4.69, 9.17) is 0 Å². The molecule has 1 atom stereocenters. The van der Waals surface area contributed by atoms with Crippen LogP contribution in [-0.2, 0) is 0 Å². The van der Waals surface area contributed by atoms with Crippen molar-refractivity contribution in [3.05, 3.63) is 24.0 Å². The van der Waals surface area contributed by atoms with Crippen LogP contribution >= 0.6 is 0 Å². The van der Waals surface area contributed by atoms with Gasteiger partial charge in [-0.25, -0.2) is 0 Å². The third-order valence-electron chi connectivity index (χ3n) is 3.65. The summed E-state index contributed by atoms with van der Waals surface area (Å²) >= 11 is 0. The third-order valence-corrected chi connectivity index (χ3v) is 3.65. The molecule has 1 fully saturated rings. The van der Waals surface area contributed by atoms with Crippen molar-refractivity contribution in [1.82, 2.24) is 10.3 Å². The van der Waals surface area contributed by atoms with E-state index in [1.165, 1.54) is 18.5 Å². The maximum absolute atomic E-state index is 4.64. The molecule has 1 aliphatic rings. The SMILES string of the molecule is CCNC(CC)c1ccc(N(CC)C2CC2)cn1. The van der Waals surface area contributed by atoms with E-state index in [-0.39, 0.29) is 0 Å². The van der Waals surface area contributed by atoms with Crippen molar-refractivity contribution in [2.75, 3.05) is 18.0 Å². The summed E-state index contributed by atoms with van der Waals surface area (Å²) in [6.07, 6.45) is 5.80. The van der Waals surface area contributed by atoms with Crippen LogP contribution in [0.5, 0.6) is 0 Å². The smallest absolute Gasteiger partial charge is 0.0574 e. The Hall–Kier alpha value is -1.09. The molecular formula is C15H25N3. The van der Waals surface area contributed by atoms with Crippen molar-refractivity contribution in [2.45, 2.75) is 52.1 Å². The van der Waals surface area contributed by atoms with Gasteiger partial charge in [0.25, 0.3) is 0 Å². The second-order valence-corrected chi connectivity index (χ2v) is 4.98. The molecule has 0 amide bonds. The van der Waals surface area contributed by atoms with Gasteiger partial charge in [-0.3, -0.25) is 4.98 Å². The molecule has 0 saturated heterocycles. The topological polar surface area (TPSA) is 28.2 Å². The molecule has 1 aliphatic carbocycles. The quantitative estimate of drug-likeness (QED) is 0.802. The lowest BCUT2D eigenvalue weighted by Crippen LogP contribution is -2.25. The van der Waals surface area contributed by atoms with Crippen molar-refractivity contribution < 1.29 is 0 Å². The van der Waals surface area contributed by atoms with E-state index in [1.54, 1.807) is 0 Å². The summed E-state index contributed by atoms with van der Waals surface area (Å²) in [5.41, 5.74) is 2.44. The van der Waals surface area contributed by atoms with Gasteiger partial charge in [0, 0.05) is 18.6 Å². The maximum Gasteiger partial charge on any atom is 0.0574 e. The molecule has 3 nitrogen and oxygen atoms in total. The van der Waals surface area contributed by atoms with Crippen molar-refractivity contribution in [1.29, 1.82) is 0 Å². The van der Waals surface area contributed by atoms with Gasteiger partial charge in [-0.2, -0.15) is 0 Å². The van der Waals surface area contributed by atoms with Crippen LogP contribution in [0.3, 0.4) is 0 Å². The summed E-state index contributed by atoms with van der Waals surface area (Å²) in [5.74, 6) is 0. The zero-order chi connectivity index (χ0) is 13.0. The number of hydrogen-bond acceptors (Lipinski definition) is 3. The second-order valence-electron chi connectivity index (χ2n) is 4.98. The summed E-state index contributed by atoms with van der Waals surface area (Å²) < 4.78 is 0. The monoisotopic (exact) mass is 247 g/mol. The molecule has 18 heavy (non-hydrogen) atoms. The van der Waals surface area contributed by atoms with Crippen LogP contribution in [0.15, 0.2) is 18.3 Å². The van der Waals surface area contributed by atoms with E-state index in [0.717, 1.165) is 31.2 Å². The molecule has 0 spiro atoms. The van der Waals surface area contributed by atoms with Gasteiger partial charge in [0.05, 0.1) is 17.6 Å². The van der Waals surface area contributed by atoms with Gasteiger partial charge in [-0.1, -0.05) is 13.8 Å². The molecule has 1 unspecified atom stereocenters. The average Bonchev–Trinajstić information content (AvgIpc) is 3.22. The number of rotatable bonds is 7. The van der Waals surface area contributed by atoms with Gasteiger partial charge in [0.15, 0.2) is 0 Å². The molecule has 0 aromatic carbocycles. The second kappa shape index (κ2) is 6.19. The number of nitrogens with one attached hydrogen (secondary N) is 1. The highest BCUT2D eigenvalue weighted by Crippen LogP contribution is 2.31. The van der Waals surface area contributed by atoms with Gasteiger partial charge in [-0.05, 0) is 44.9 Å². The Labute approximate surface area is 111 Å². The Morgan fingerprint density at radius 1 is 1.33 bits per heavy atom. The van der Waals surface area contributed by atoms with Crippen molar-refractivity contribution in [3.8, 4) is 0 Å². The predicted molar refractivity (Wildman–Crippen MR) is 77.0 cm³/mol. The Morgan fingerprint density at radius 3 is 2.56 bits per heavy atom. The van der Waals surface area contributed by atoms with Gasteiger partial charge < -0.3 is 10.2 Å². The first kappa shape index (κ1) is 13.3. The van der Waals surface area contributed by atoms with Crippen molar-refractivity contribution in [2.24, 2.45) is 0 Å². The molecule has 0 aliphatic heterocycles. The Morgan fingerprint density at radius 2 is 2.11 bits per heavy atom. The highest BCUT2D eigenvalue weighted by Gasteiger charge is 2.28. The fourth-order valence-corrected chi connectivity index (χ4v) is 2.52. The largest absolute Gasteiger partial charge is 0.368 e. The molecule has 1 aromatic rings. The molecule has 0 bridgehead atoms. The molecule has 1 saturated carbocycles. The van der Waals surface area contributed by atoms with Gasteiger partial charge in [0.2, 0.25) is 0 Å². The van der Waals surface area contributed by atoms with E-state index >= 15 is 0 Å². The Bertz CT molecular complexity index is 357. The third kappa shape index (κ3) is 3.02. The fourth-order valence-electron chi connectivity index (χ4n) is 2.52. The van der Waals surface area contributed by atoms with E-state index < -0.39 is 0 Å². The minimum Gasteiger partial charge on any atom is -0.368 e. The van der Waals surface area contributed by atoms with E-state index in [9.17, 15) is 0 Å². The molecular weight excluding hydrogens is 222 g/mol. The standard InChI is InChI=1S/C15H25N3/c1-4-14(16-5-2)15-10-9-13(11-17-15)18(6-3)12-7-8-12/h9-12,14,16H,4-8H2,1-3H3. The Kier molecular flexibility index (Phi) is 4.59. The summed E-state index contributed by atoms with van der Waals surface area (Å²) in [6.45, 7) is 8.63. The first-order valence-corrected chi connectivity index (χ1v) is 7.26. The number of anilines is 1. The van der Waals surface area contributed by atoms with Crippen LogP contribution in [0.1, 0.15) is 51.8 Å². The molecule has 1 aromatic heterocycles. The molecule has 100 valence electrons. The van der Waals surface area contributed by atoms with E-state index in [2.05, 4.69) is 48.1 Å². The van der Waals surface area contributed by atoms with Gasteiger partial charge in [-0.15, -0.1) is 0 Å². The maximum atomic E-state index is 4.64. The zero-order valence-corrected chi connectivity index (χ0v) is 11.8. The predicted octanol–water partition coefficient (Wildman–Crippen LogP) is 3.13. The summed E-state index contributed by atoms with van der Waals surface area (Å²) in [4.78, 5) is 7.11. The number of pyridine rings is 1. The summed E-state index contributed by atoms with van der Waals surface area (Å²) in [6, 6.07) is 5.56. The molecule has 0 radical (unpaired) electrons. The Balaban J connectivity index is 2.08. The summed E-state index contributed by atoms with van der Waals surface area (Å²) in [7, 11) is 0.